The monoisotopic (exact) mass is 556 g/mol. The molecule has 0 aromatic heterocycles. The third-order valence-corrected chi connectivity index (χ3v) is 8.95. The lowest BCUT2D eigenvalue weighted by atomic mass is 9.75. The molecular formula is C15H12Br4O3. The first-order valence-electron chi connectivity index (χ1n) is 6.43. The molecule has 2 atom stereocenters. The number of halogens is 4. The van der Waals surface area contributed by atoms with Gasteiger partial charge in [-0.15, -0.1) is 0 Å². The van der Waals surface area contributed by atoms with Crippen molar-refractivity contribution in [3.63, 3.8) is 0 Å². The minimum Gasteiger partial charge on any atom is -0.508 e. The third kappa shape index (κ3) is 2.16. The summed E-state index contributed by atoms with van der Waals surface area (Å²) in [4.78, 5) is 0. The summed E-state index contributed by atoms with van der Waals surface area (Å²) in [7, 11) is 0. The van der Waals surface area contributed by atoms with E-state index in [1.54, 1.807) is 12.1 Å². The summed E-state index contributed by atoms with van der Waals surface area (Å²) in [5.74, 6) is -1.18. The van der Waals surface area contributed by atoms with Gasteiger partial charge in [0.15, 0.2) is 0 Å². The molecule has 22 heavy (non-hydrogen) atoms. The van der Waals surface area contributed by atoms with Crippen LogP contribution in [0.2, 0.25) is 0 Å². The molecule has 1 aromatic carbocycles. The van der Waals surface area contributed by atoms with Gasteiger partial charge in [-0.1, -0.05) is 41.9 Å². The average molecular weight is 560 g/mol. The molecule has 2 aliphatic rings. The zero-order valence-corrected chi connectivity index (χ0v) is 18.0. The van der Waals surface area contributed by atoms with Crippen LogP contribution < -0.4 is 0 Å². The summed E-state index contributed by atoms with van der Waals surface area (Å²) in [5, 5.41) is 20.0. The molecule has 1 aromatic rings. The zero-order valence-electron chi connectivity index (χ0n) is 11.6. The lowest BCUT2D eigenvalue weighted by Gasteiger charge is -2.34. The Kier molecular flexibility index (Phi) is 4.03. The molecule has 0 saturated carbocycles. The number of phenols is 1. The maximum atomic E-state index is 10.5. The standard InChI is InChI=1S/C15H12Br4O3/c1-13(2,7-3-5-8(20)6-4-7)9-10(16)12(18)15(21)14(19,22-15)11(9)17/h3-6,20-21H,1-2H3. The van der Waals surface area contributed by atoms with E-state index in [1.165, 1.54) is 0 Å². The molecule has 1 aliphatic heterocycles. The zero-order chi connectivity index (χ0) is 16.5. The number of epoxide rings is 1. The van der Waals surface area contributed by atoms with Gasteiger partial charge >= 0.3 is 0 Å². The van der Waals surface area contributed by atoms with Gasteiger partial charge in [-0.25, -0.2) is 0 Å². The van der Waals surface area contributed by atoms with E-state index in [2.05, 4.69) is 77.6 Å². The number of allylic oxidation sites excluding steroid dienone is 2. The van der Waals surface area contributed by atoms with E-state index in [4.69, 9.17) is 4.74 Å². The molecule has 1 aliphatic carbocycles. The SMILES string of the molecule is CC(C)(C1=C(Br)C2(Br)OC2(O)C(Br)=C1Br)c1ccc(O)cc1. The lowest BCUT2D eigenvalue weighted by molar-refractivity contribution is 0.0794. The summed E-state index contributed by atoms with van der Waals surface area (Å²) in [6.45, 7) is 4.14. The van der Waals surface area contributed by atoms with Crippen molar-refractivity contribution in [2.45, 2.75) is 29.6 Å². The highest BCUT2D eigenvalue weighted by atomic mass is 79.9. The third-order valence-electron chi connectivity index (χ3n) is 4.11. The number of aromatic hydroxyl groups is 1. The number of rotatable bonds is 2. The van der Waals surface area contributed by atoms with Crippen molar-refractivity contribution in [1.29, 1.82) is 0 Å². The molecule has 2 unspecified atom stereocenters. The summed E-state index contributed by atoms with van der Waals surface area (Å²) in [6.07, 6.45) is 0. The van der Waals surface area contributed by atoms with Crippen molar-refractivity contribution in [1.82, 2.24) is 0 Å². The van der Waals surface area contributed by atoms with E-state index in [-0.39, 0.29) is 5.75 Å². The highest BCUT2D eigenvalue weighted by Gasteiger charge is 2.75. The number of aliphatic hydroxyl groups is 1. The lowest BCUT2D eigenvalue weighted by Crippen LogP contribution is -2.32. The van der Waals surface area contributed by atoms with E-state index < -0.39 is 15.7 Å². The normalized spacial score (nSPS) is 31.4. The van der Waals surface area contributed by atoms with Gasteiger partial charge in [-0.3, -0.25) is 0 Å². The van der Waals surface area contributed by atoms with E-state index >= 15 is 0 Å². The Labute approximate surface area is 161 Å². The molecule has 0 bridgehead atoms. The fourth-order valence-electron chi connectivity index (χ4n) is 2.64. The molecule has 0 amide bonds. The van der Waals surface area contributed by atoms with Crippen LogP contribution in [0.1, 0.15) is 19.4 Å². The Morgan fingerprint density at radius 1 is 1.05 bits per heavy atom. The number of alkyl halides is 1. The maximum Gasteiger partial charge on any atom is 0.247 e. The van der Waals surface area contributed by atoms with Gasteiger partial charge in [0.2, 0.25) is 10.3 Å². The molecule has 3 nitrogen and oxygen atoms in total. The van der Waals surface area contributed by atoms with Gasteiger partial charge in [0.05, 0.1) is 4.48 Å². The van der Waals surface area contributed by atoms with Gasteiger partial charge in [-0.05, 0) is 71.1 Å². The van der Waals surface area contributed by atoms with Crippen LogP contribution >= 0.6 is 63.7 Å². The van der Waals surface area contributed by atoms with Crippen molar-refractivity contribution < 1.29 is 14.9 Å². The largest absolute Gasteiger partial charge is 0.508 e. The molecule has 0 radical (unpaired) electrons. The topological polar surface area (TPSA) is 53.0 Å². The van der Waals surface area contributed by atoms with Crippen LogP contribution in [0.4, 0.5) is 0 Å². The number of benzene rings is 1. The highest BCUT2D eigenvalue weighted by molar-refractivity contribution is 9.15. The Morgan fingerprint density at radius 3 is 2.14 bits per heavy atom. The van der Waals surface area contributed by atoms with Crippen LogP contribution in [0.15, 0.2) is 43.3 Å². The molecule has 3 rings (SSSR count). The molecule has 0 spiro atoms. The highest BCUT2D eigenvalue weighted by Crippen LogP contribution is 2.68. The van der Waals surface area contributed by atoms with E-state index in [9.17, 15) is 10.2 Å². The van der Waals surface area contributed by atoms with Gasteiger partial charge < -0.3 is 14.9 Å². The predicted molar refractivity (Wildman–Crippen MR) is 99.7 cm³/mol. The number of ether oxygens (including phenoxy) is 1. The summed E-state index contributed by atoms with van der Waals surface area (Å²) < 4.78 is 6.57. The quantitative estimate of drug-likeness (QED) is 0.390. The molecular weight excluding hydrogens is 548 g/mol. The predicted octanol–water partition coefficient (Wildman–Crippen LogP) is 5.14. The first-order chi connectivity index (χ1) is 10.1. The summed E-state index contributed by atoms with van der Waals surface area (Å²) in [5.41, 5.74) is 1.58. The molecule has 7 heteroatoms. The minimum absolute atomic E-state index is 0.226. The second-order valence-corrected chi connectivity index (χ2v) is 9.33. The molecule has 2 N–H and O–H groups in total. The molecule has 1 heterocycles. The van der Waals surface area contributed by atoms with Gasteiger partial charge in [0, 0.05) is 14.4 Å². The van der Waals surface area contributed by atoms with Crippen LogP contribution in [-0.4, -0.2) is 20.5 Å². The second-order valence-electron chi connectivity index (χ2n) is 5.83. The first kappa shape index (κ1) is 17.2. The molecule has 118 valence electrons. The Morgan fingerprint density at radius 2 is 1.59 bits per heavy atom. The van der Waals surface area contributed by atoms with Crippen LogP contribution in [-0.2, 0) is 10.2 Å². The second kappa shape index (κ2) is 5.17. The van der Waals surface area contributed by atoms with Crippen molar-refractivity contribution in [2.75, 3.05) is 0 Å². The average Bonchev–Trinajstić information content (AvgIpc) is 3.03. The smallest absolute Gasteiger partial charge is 0.247 e. The molecule has 1 fully saturated rings. The maximum absolute atomic E-state index is 10.5. The number of phenolic OH excluding ortho intramolecular Hbond substituents is 1. The first-order valence-corrected chi connectivity index (χ1v) is 9.60. The van der Waals surface area contributed by atoms with E-state index in [0.29, 0.717) is 4.48 Å². The van der Waals surface area contributed by atoms with Crippen molar-refractivity contribution in [3.8, 4) is 5.75 Å². The summed E-state index contributed by atoms with van der Waals surface area (Å²) in [6, 6.07) is 7.09. The van der Waals surface area contributed by atoms with Crippen molar-refractivity contribution >= 4 is 63.7 Å². The number of hydrogen-bond donors (Lipinski definition) is 2. The van der Waals surface area contributed by atoms with Gasteiger partial charge in [0.1, 0.15) is 5.75 Å². The molecule has 1 saturated heterocycles. The Bertz CT molecular complexity index is 723. The minimum atomic E-state index is -1.40. The Hall–Kier alpha value is 0.340. The fraction of sp³-hybridized carbons (Fsp3) is 0.333. The van der Waals surface area contributed by atoms with Crippen LogP contribution in [0.3, 0.4) is 0 Å². The Balaban J connectivity index is 2.18. The van der Waals surface area contributed by atoms with Crippen molar-refractivity contribution in [2.24, 2.45) is 0 Å². The fourth-order valence-corrected chi connectivity index (χ4v) is 6.37. The van der Waals surface area contributed by atoms with Gasteiger partial charge in [-0.2, -0.15) is 0 Å². The van der Waals surface area contributed by atoms with Crippen LogP contribution in [0.25, 0.3) is 0 Å². The van der Waals surface area contributed by atoms with E-state index in [0.717, 1.165) is 20.1 Å². The van der Waals surface area contributed by atoms with Crippen molar-refractivity contribution in [3.05, 3.63) is 48.8 Å². The summed E-state index contributed by atoms with van der Waals surface area (Å²) >= 11 is 14.1. The van der Waals surface area contributed by atoms with E-state index in [1.807, 2.05) is 12.1 Å². The number of fused-ring (bicyclic) bond motifs is 1. The van der Waals surface area contributed by atoms with Crippen LogP contribution in [0, 0.1) is 0 Å². The van der Waals surface area contributed by atoms with Gasteiger partial charge in [0.25, 0.3) is 0 Å². The van der Waals surface area contributed by atoms with Crippen LogP contribution in [0.5, 0.6) is 5.75 Å². The number of hydrogen-bond acceptors (Lipinski definition) is 3.